The Balaban J connectivity index is 1.79. The minimum Gasteiger partial charge on any atom is -0.337 e. The number of carbonyl (C=O) groups excluding carboxylic acids is 2. The van der Waals surface area contributed by atoms with E-state index in [1.54, 1.807) is 6.07 Å². The van der Waals surface area contributed by atoms with Gasteiger partial charge in [-0.15, -0.1) is 0 Å². The lowest BCUT2D eigenvalue weighted by Crippen LogP contribution is -2.30. The third-order valence-corrected chi connectivity index (χ3v) is 5.06. The van der Waals surface area contributed by atoms with E-state index in [4.69, 9.17) is 0 Å². The summed E-state index contributed by atoms with van der Waals surface area (Å²) in [4.78, 5) is 24.0. The second-order valence-corrected chi connectivity index (χ2v) is 8.04. The summed E-state index contributed by atoms with van der Waals surface area (Å²) in [5.74, 6) is 1.10. The van der Waals surface area contributed by atoms with Crippen LogP contribution < -0.4 is 16.0 Å². The van der Waals surface area contributed by atoms with Crippen LogP contribution in [0.2, 0.25) is 0 Å². The first-order valence-corrected chi connectivity index (χ1v) is 9.67. The first-order chi connectivity index (χ1) is 11.5. The van der Waals surface area contributed by atoms with E-state index in [-0.39, 0.29) is 17.9 Å². The molecule has 1 aromatic carbocycles. The minimum absolute atomic E-state index is 0.0832. The highest BCUT2D eigenvalue weighted by molar-refractivity contribution is 7.99. The van der Waals surface area contributed by atoms with Crippen molar-refractivity contribution in [2.75, 3.05) is 22.9 Å². The van der Waals surface area contributed by atoms with Gasteiger partial charge in [0.2, 0.25) is 5.91 Å². The van der Waals surface area contributed by atoms with E-state index in [1.807, 2.05) is 30.0 Å². The molecule has 0 unspecified atom stereocenters. The van der Waals surface area contributed by atoms with E-state index in [1.165, 1.54) is 0 Å². The van der Waals surface area contributed by atoms with Crippen molar-refractivity contribution >= 4 is 35.1 Å². The maximum Gasteiger partial charge on any atom is 0.319 e. The van der Waals surface area contributed by atoms with Gasteiger partial charge in [0.15, 0.2) is 0 Å². The number of hydrogen-bond acceptors (Lipinski definition) is 3. The first-order valence-electron chi connectivity index (χ1n) is 8.62. The predicted octanol–water partition coefficient (Wildman–Crippen LogP) is 4.08. The Morgan fingerprint density at radius 2 is 1.83 bits per heavy atom. The van der Waals surface area contributed by atoms with Crippen LogP contribution >= 0.6 is 11.8 Å². The van der Waals surface area contributed by atoms with Gasteiger partial charge in [0.1, 0.15) is 0 Å². The first kappa shape index (κ1) is 18.6. The van der Waals surface area contributed by atoms with Gasteiger partial charge in [-0.05, 0) is 36.3 Å². The SMILES string of the molecule is CC(C)SCCNC(=O)Nc1cccc(NC(=O)C2CCCC2)c1. The molecule has 24 heavy (non-hydrogen) atoms. The number of thioether (sulfide) groups is 1. The van der Waals surface area contributed by atoms with E-state index in [9.17, 15) is 9.59 Å². The molecular weight excluding hydrogens is 322 g/mol. The third-order valence-electron chi connectivity index (χ3n) is 3.95. The fraction of sp³-hybridized carbons (Fsp3) is 0.556. The van der Waals surface area contributed by atoms with Gasteiger partial charge in [0.25, 0.3) is 0 Å². The highest BCUT2D eigenvalue weighted by Gasteiger charge is 2.22. The van der Waals surface area contributed by atoms with Crippen LogP contribution in [0.4, 0.5) is 16.2 Å². The number of carbonyl (C=O) groups is 2. The molecule has 1 fully saturated rings. The smallest absolute Gasteiger partial charge is 0.319 e. The van der Waals surface area contributed by atoms with Crippen molar-refractivity contribution in [3.63, 3.8) is 0 Å². The van der Waals surface area contributed by atoms with Crippen LogP contribution in [0.25, 0.3) is 0 Å². The molecule has 1 aliphatic rings. The Kier molecular flexibility index (Phi) is 7.43. The third kappa shape index (κ3) is 6.43. The van der Waals surface area contributed by atoms with E-state index < -0.39 is 0 Å². The summed E-state index contributed by atoms with van der Waals surface area (Å²) in [5, 5.41) is 9.15. The lowest BCUT2D eigenvalue weighted by Gasteiger charge is -2.12. The predicted molar refractivity (Wildman–Crippen MR) is 102 cm³/mol. The summed E-state index contributed by atoms with van der Waals surface area (Å²) < 4.78 is 0. The highest BCUT2D eigenvalue weighted by Crippen LogP contribution is 2.26. The zero-order valence-corrected chi connectivity index (χ0v) is 15.2. The van der Waals surface area contributed by atoms with E-state index in [2.05, 4.69) is 29.8 Å². The number of nitrogens with one attached hydrogen (secondary N) is 3. The topological polar surface area (TPSA) is 70.2 Å². The average Bonchev–Trinajstić information content (AvgIpc) is 3.06. The molecule has 0 spiro atoms. The molecule has 0 radical (unpaired) electrons. The Morgan fingerprint density at radius 3 is 2.50 bits per heavy atom. The molecule has 1 aliphatic carbocycles. The molecule has 1 saturated carbocycles. The summed E-state index contributed by atoms with van der Waals surface area (Å²) in [7, 11) is 0. The number of urea groups is 1. The lowest BCUT2D eigenvalue weighted by atomic mass is 10.1. The Morgan fingerprint density at radius 1 is 1.17 bits per heavy atom. The van der Waals surface area contributed by atoms with Gasteiger partial charge in [-0.25, -0.2) is 4.79 Å². The van der Waals surface area contributed by atoms with Crippen LogP contribution in [0.1, 0.15) is 39.5 Å². The summed E-state index contributed by atoms with van der Waals surface area (Å²) in [6.45, 7) is 4.90. The Hall–Kier alpha value is -1.69. The van der Waals surface area contributed by atoms with Gasteiger partial charge in [0, 0.05) is 29.6 Å². The quantitative estimate of drug-likeness (QED) is 0.650. The van der Waals surface area contributed by atoms with E-state index in [0.717, 1.165) is 37.1 Å². The molecule has 6 heteroatoms. The molecule has 3 amide bonds. The van der Waals surface area contributed by atoms with Gasteiger partial charge >= 0.3 is 6.03 Å². The zero-order chi connectivity index (χ0) is 17.4. The van der Waals surface area contributed by atoms with Gasteiger partial charge < -0.3 is 16.0 Å². The molecular formula is C18H27N3O2S. The van der Waals surface area contributed by atoms with Crippen molar-refractivity contribution in [3.05, 3.63) is 24.3 Å². The molecule has 3 N–H and O–H groups in total. The van der Waals surface area contributed by atoms with Crippen molar-refractivity contribution in [2.24, 2.45) is 5.92 Å². The van der Waals surface area contributed by atoms with Crippen molar-refractivity contribution in [2.45, 2.75) is 44.8 Å². The Bertz CT molecular complexity index is 557. The normalized spacial score (nSPS) is 14.6. The summed E-state index contributed by atoms with van der Waals surface area (Å²) in [5.41, 5.74) is 1.40. The van der Waals surface area contributed by atoms with Crippen LogP contribution in [0, 0.1) is 5.92 Å². The second kappa shape index (κ2) is 9.57. The number of rotatable bonds is 7. The zero-order valence-electron chi connectivity index (χ0n) is 14.4. The molecule has 5 nitrogen and oxygen atoms in total. The van der Waals surface area contributed by atoms with Crippen LogP contribution in [-0.2, 0) is 4.79 Å². The molecule has 0 aliphatic heterocycles. The van der Waals surface area contributed by atoms with Gasteiger partial charge in [-0.2, -0.15) is 11.8 Å². The molecule has 1 aromatic rings. The van der Waals surface area contributed by atoms with Gasteiger partial charge in [-0.1, -0.05) is 32.8 Å². The molecule has 0 heterocycles. The maximum atomic E-state index is 12.2. The van der Waals surface area contributed by atoms with Crippen LogP contribution in [-0.4, -0.2) is 29.5 Å². The van der Waals surface area contributed by atoms with E-state index >= 15 is 0 Å². The Labute approximate surface area is 148 Å². The van der Waals surface area contributed by atoms with E-state index in [0.29, 0.717) is 17.5 Å². The highest BCUT2D eigenvalue weighted by atomic mass is 32.2. The van der Waals surface area contributed by atoms with Gasteiger partial charge in [-0.3, -0.25) is 4.79 Å². The fourth-order valence-corrected chi connectivity index (χ4v) is 3.43. The summed E-state index contributed by atoms with van der Waals surface area (Å²) >= 11 is 1.81. The summed E-state index contributed by atoms with van der Waals surface area (Å²) in [6, 6.07) is 7.05. The molecule has 0 atom stereocenters. The van der Waals surface area contributed by atoms with Crippen molar-refractivity contribution < 1.29 is 9.59 Å². The minimum atomic E-state index is -0.223. The second-order valence-electron chi connectivity index (χ2n) is 6.35. The average molecular weight is 350 g/mol. The maximum absolute atomic E-state index is 12.2. The number of anilines is 2. The standard InChI is InChI=1S/C18H27N3O2S/c1-13(2)24-11-10-19-18(23)21-16-9-5-8-15(12-16)20-17(22)14-6-3-4-7-14/h5,8-9,12-14H,3-4,6-7,10-11H2,1-2H3,(H,20,22)(H2,19,21,23). The summed E-state index contributed by atoms with van der Waals surface area (Å²) in [6.07, 6.45) is 4.21. The molecule has 132 valence electrons. The number of hydrogen-bond donors (Lipinski definition) is 3. The van der Waals surface area contributed by atoms with Crippen LogP contribution in [0.3, 0.4) is 0 Å². The van der Waals surface area contributed by atoms with Crippen molar-refractivity contribution in [3.8, 4) is 0 Å². The molecule has 2 rings (SSSR count). The lowest BCUT2D eigenvalue weighted by molar-refractivity contribution is -0.119. The number of benzene rings is 1. The van der Waals surface area contributed by atoms with Crippen LogP contribution in [0.5, 0.6) is 0 Å². The fourth-order valence-electron chi connectivity index (χ4n) is 2.74. The monoisotopic (exact) mass is 349 g/mol. The van der Waals surface area contributed by atoms with Crippen molar-refractivity contribution in [1.29, 1.82) is 0 Å². The van der Waals surface area contributed by atoms with Crippen molar-refractivity contribution in [1.82, 2.24) is 5.32 Å². The number of amides is 3. The van der Waals surface area contributed by atoms with Crippen LogP contribution in [0.15, 0.2) is 24.3 Å². The molecule has 0 saturated heterocycles. The molecule has 0 aromatic heterocycles. The largest absolute Gasteiger partial charge is 0.337 e. The molecule has 0 bridgehead atoms. The van der Waals surface area contributed by atoms with Gasteiger partial charge in [0.05, 0.1) is 0 Å².